The van der Waals surface area contributed by atoms with Gasteiger partial charge in [-0.2, -0.15) is 5.26 Å². The van der Waals surface area contributed by atoms with Crippen LogP contribution in [0.15, 0.2) is 29.2 Å². The third-order valence-electron chi connectivity index (χ3n) is 2.57. The lowest BCUT2D eigenvalue weighted by Crippen LogP contribution is -2.14. The average molecular weight is 252 g/mol. The molecule has 1 aromatic rings. The number of hydrogen-bond acceptors (Lipinski definition) is 4. The Labute approximate surface area is 102 Å². The van der Waals surface area contributed by atoms with Gasteiger partial charge in [0.25, 0.3) is 0 Å². The van der Waals surface area contributed by atoms with Gasteiger partial charge in [0.05, 0.1) is 10.6 Å². The van der Waals surface area contributed by atoms with Crippen molar-refractivity contribution in [3.63, 3.8) is 0 Å². The first-order chi connectivity index (χ1) is 7.99. The summed E-state index contributed by atoms with van der Waals surface area (Å²) in [6.45, 7) is 2.27. The summed E-state index contributed by atoms with van der Waals surface area (Å²) in [4.78, 5) is 1.90. The van der Waals surface area contributed by atoms with Crippen LogP contribution in [0.3, 0.4) is 0 Å². The molecule has 92 valence electrons. The Bertz CT molecular complexity index is 500. The van der Waals surface area contributed by atoms with E-state index in [4.69, 9.17) is 5.26 Å². The standard InChI is InChI=1S/C12H16N2O2S/c1-3-17(15,16)12-6-4-11(5-7-12)8-9-14(2)10-13/h4-7H,3,8-9H2,1-2H3. The first-order valence-electron chi connectivity index (χ1n) is 5.42. The summed E-state index contributed by atoms with van der Waals surface area (Å²) in [6, 6.07) is 6.85. The molecule has 0 radical (unpaired) electrons. The summed E-state index contributed by atoms with van der Waals surface area (Å²) in [7, 11) is -1.40. The maximum atomic E-state index is 11.6. The number of likely N-dealkylation sites (N-methyl/N-ethyl adjacent to an activating group) is 1. The van der Waals surface area contributed by atoms with Crippen LogP contribution in [0.4, 0.5) is 0 Å². The highest BCUT2D eigenvalue weighted by molar-refractivity contribution is 7.91. The summed E-state index contributed by atoms with van der Waals surface area (Å²) in [5.74, 6) is 0.115. The van der Waals surface area contributed by atoms with E-state index in [0.29, 0.717) is 11.4 Å². The molecule has 1 rings (SSSR count). The van der Waals surface area contributed by atoms with Crippen molar-refractivity contribution in [2.45, 2.75) is 18.2 Å². The Hall–Kier alpha value is -1.54. The summed E-state index contributed by atoms with van der Waals surface area (Å²) in [5, 5.41) is 8.59. The van der Waals surface area contributed by atoms with Crippen molar-refractivity contribution in [1.29, 1.82) is 5.26 Å². The van der Waals surface area contributed by atoms with Crippen LogP contribution in [0.5, 0.6) is 0 Å². The SMILES string of the molecule is CCS(=O)(=O)c1ccc(CCN(C)C#N)cc1. The van der Waals surface area contributed by atoms with Gasteiger partial charge in [-0.1, -0.05) is 19.1 Å². The molecule has 0 heterocycles. The van der Waals surface area contributed by atoms with E-state index in [1.54, 1.807) is 38.2 Å². The zero-order valence-electron chi connectivity index (χ0n) is 10.0. The lowest BCUT2D eigenvalue weighted by molar-refractivity contribution is 0.478. The number of sulfone groups is 1. The predicted octanol–water partition coefficient (Wildman–Crippen LogP) is 1.44. The lowest BCUT2D eigenvalue weighted by Gasteiger charge is -2.08. The quantitative estimate of drug-likeness (QED) is 0.587. The van der Waals surface area contributed by atoms with Gasteiger partial charge in [-0.15, -0.1) is 0 Å². The Balaban J connectivity index is 2.73. The normalized spacial score (nSPS) is 10.9. The van der Waals surface area contributed by atoms with Crippen molar-refractivity contribution in [1.82, 2.24) is 4.90 Å². The van der Waals surface area contributed by atoms with Crippen LogP contribution < -0.4 is 0 Å². The highest BCUT2D eigenvalue weighted by atomic mass is 32.2. The molecule has 1 aromatic carbocycles. The van der Waals surface area contributed by atoms with E-state index in [-0.39, 0.29) is 5.75 Å². The number of nitrogens with zero attached hydrogens (tertiary/aromatic N) is 2. The zero-order valence-corrected chi connectivity index (χ0v) is 10.9. The molecule has 4 nitrogen and oxygen atoms in total. The summed E-state index contributed by atoms with van der Waals surface area (Å²) >= 11 is 0. The fourth-order valence-corrected chi connectivity index (χ4v) is 2.26. The molecule has 0 N–H and O–H groups in total. The number of rotatable bonds is 5. The second-order valence-corrected chi connectivity index (χ2v) is 6.10. The van der Waals surface area contributed by atoms with Gasteiger partial charge in [-0.05, 0) is 24.1 Å². The molecule has 0 aliphatic rings. The van der Waals surface area contributed by atoms with Crippen molar-refractivity contribution < 1.29 is 8.42 Å². The lowest BCUT2D eigenvalue weighted by atomic mass is 10.1. The van der Waals surface area contributed by atoms with Gasteiger partial charge in [0.2, 0.25) is 0 Å². The largest absolute Gasteiger partial charge is 0.313 e. The maximum absolute atomic E-state index is 11.6. The first kappa shape index (κ1) is 13.5. The third-order valence-corrected chi connectivity index (χ3v) is 4.32. The monoisotopic (exact) mass is 252 g/mol. The molecular formula is C12H16N2O2S. The van der Waals surface area contributed by atoms with E-state index in [1.807, 2.05) is 6.19 Å². The van der Waals surface area contributed by atoms with E-state index in [1.165, 1.54) is 4.90 Å². The molecule has 17 heavy (non-hydrogen) atoms. The number of hydrogen-bond donors (Lipinski definition) is 0. The number of benzene rings is 1. The molecule has 0 amide bonds. The fourth-order valence-electron chi connectivity index (χ4n) is 1.38. The Morgan fingerprint density at radius 1 is 1.29 bits per heavy atom. The second-order valence-electron chi connectivity index (χ2n) is 3.82. The summed E-state index contributed by atoms with van der Waals surface area (Å²) in [6.07, 6.45) is 2.75. The molecule has 0 unspecified atom stereocenters. The third kappa shape index (κ3) is 3.75. The fraction of sp³-hybridized carbons (Fsp3) is 0.417. The molecule has 0 fully saturated rings. The number of nitriles is 1. The minimum absolute atomic E-state index is 0.115. The van der Waals surface area contributed by atoms with Gasteiger partial charge in [0.15, 0.2) is 16.0 Å². The average Bonchev–Trinajstić information content (AvgIpc) is 2.36. The summed E-state index contributed by atoms with van der Waals surface area (Å²) in [5.41, 5.74) is 1.03. The van der Waals surface area contributed by atoms with Crippen molar-refractivity contribution in [2.75, 3.05) is 19.3 Å². The van der Waals surface area contributed by atoms with Crippen molar-refractivity contribution in [2.24, 2.45) is 0 Å². The molecular weight excluding hydrogens is 236 g/mol. The molecule has 0 saturated heterocycles. The molecule has 0 atom stereocenters. The van der Waals surface area contributed by atoms with E-state index in [2.05, 4.69) is 0 Å². The highest BCUT2D eigenvalue weighted by Crippen LogP contribution is 2.12. The van der Waals surface area contributed by atoms with Gasteiger partial charge in [-0.25, -0.2) is 8.42 Å². The smallest absolute Gasteiger partial charge is 0.179 e. The van der Waals surface area contributed by atoms with Crippen molar-refractivity contribution in [3.05, 3.63) is 29.8 Å². The van der Waals surface area contributed by atoms with E-state index in [0.717, 1.165) is 12.0 Å². The minimum atomic E-state index is -3.11. The Kier molecular flexibility index (Phi) is 4.53. The molecule has 0 spiro atoms. The van der Waals surface area contributed by atoms with Gasteiger partial charge in [0, 0.05) is 13.6 Å². The topological polar surface area (TPSA) is 61.2 Å². The summed E-state index contributed by atoms with van der Waals surface area (Å²) < 4.78 is 23.1. The van der Waals surface area contributed by atoms with Crippen LogP contribution in [0.2, 0.25) is 0 Å². The second kappa shape index (κ2) is 5.69. The molecule has 0 saturated carbocycles. The zero-order chi connectivity index (χ0) is 12.9. The first-order valence-corrected chi connectivity index (χ1v) is 7.07. The van der Waals surface area contributed by atoms with E-state index in [9.17, 15) is 8.42 Å². The highest BCUT2D eigenvalue weighted by Gasteiger charge is 2.10. The van der Waals surface area contributed by atoms with Crippen LogP contribution in [0, 0.1) is 11.5 Å². The van der Waals surface area contributed by atoms with Crippen LogP contribution in [0.1, 0.15) is 12.5 Å². The van der Waals surface area contributed by atoms with Crippen LogP contribution in [-0.4, -0.2) is 32.7 Å². The molecule has 0 aliphatic heterocycles. The Morgan fingerprint density at radius 3 is 2.35 bits per heavy atom. The molecule has 0 aliphatic carbocycles. The maximum Gasteiger partial charge on any atom is 0.179 e. The van der Waals surface area contributed by atoms with Gasteiger partial charge in [0.1, 0.15) is 0 Å². The minimum Gasteiger partial charge on any atom is -0.313 e. The van der Waals surface area contributed by atoms with Crippen molar-refractivity contribution >= 4 is 9.84 Å². The van der Waals surface area contributed by atoms with E-state index >= 15 is 0 Å². The van der Waals surface area contributed by atoms with Gasteiger partial charge in [-0.3, -0.25) is 0 Å². The van der Waals surface area contributed by atoms with Crippen molar-refractivity contribution in [3.8, 4) is 6.19 Å². The van der Waals surface area contributed by atoms with Crippen LogP contribution >= 0.6 is 0 Å². The molecule has 5 heteroatoms. The van der Waals surface area contributed by atoms with Gasteiger partial charge >= 0.3 is 0 Å². The molecule has 0 aromatic heterocycles. The van der Waals surface area contributed by atoms with Crippen LogP contribution in [0.25, 0.3) is 0 Å². The predicted molar refractivity (Wildman–Crippen MR) is 66.1 cm³/mol. The molecule has 0 bridgehead atoms. The van der Waals surface area contributed by atoms with E-state index < -0.39 is 9.84 Å². The van der Waals surface area contributed by atoms with Gasteiger partial charge < -0.3 is 4.90 Å². The van der Waals surface area contributed by atoms with Crippen LogP contribution in [-0.2, 0) is 16.3 Å². The Morgan fingerprint density at radius 2 is 1.88 bits per heavy atom.